The molecule has 1 aliphatic rings. The van der Waals surface area contributed by atoms with E-state index < -0.39 is 23.7 Å². The summed E-state index contributed by atoms with van der Waals surface area (Å²) in [5.74, 6) is -2.59. The quantitative estimate of drug-likeness (QED) is 0.372. The summed E-state index contributed by atoms with van der Waals surface area (Å²) in [5, 5.41) is 2.57. The van der Waals surface area contributed by atoms with Gasteiger partial charge in [0.05, 0.1) is 24.0 Å². The summed E-state index contributed by atoms with van der Waals surface area (Å²) in [6, 6.07) is 13.5. The van der Waals surface area contributed by atoms with E-state index in [0.717, 1.165) is 5.56 Å². The first-order chi connectivity index (χ1) is 13.4. The van der Waals surface area contributed by atoms with Crippen LogP contribution in [0.5, 0.6) is 0 Å². The molecule has 2 aromatic carbocycles. The first-order valence-corrected chi connectivity index (χ1v) is 8.79. The number of rotatable bonds is 4. The summed E-state index contributed by atoms with van der Waals surface area (Å²) in [6.45, 7) is 1.93. The molecule has 1 N–H and O–H groups in total. The number of aliphatic imine (C=N–C) groups is 1. The number of ether oxygens (including phenoxy) is 1. The lowest BCUT2D eigenvalue weighted by molar-refractivity contribution is -0.130. The Kier molecular flexibility index (Phi) is 5.60. The van der Waals surface area contributed by atoms with E-state index in [0.29, 0.717) is 16.9 Å². The second-order valence-corrected chi connectivity index (χ2v) is 6.48. The van der Waals surface area contributed by atoms with Gasteiger partial charge in [0, 0.05) is 6.21 Å². The topological polar surface area (TPSA) is 88.1 Å². The maximum atomic E-state index is 12.9. The highest BCUT2D eigenvalue weighted by Crippen LogP contribution is 2.21. The van der Waals surface area contributed by atoms with Crippen LogP contribution in [-0.2, 0) is 14.3 Å². The summed E-state index contributed by atoms with van der Waals surface area (Å²) in [5.41, 5.74) is 2.48. The van der Waals surface area contributed by atoms with Gasteiger partial charge in [0.2, 0.25) is 5.91 Å². The Labute approximate surface area is 167 Å². The summed E-state index contributed by atoms with van der Waals surface area (Å²) in [7, 11) is 1.30. The number of thiocarbonyl (C=S) groups is 1. The van der Waals surface area contributed by atoms with Crippen molar-refractivity contribution in [2.75, 3.05) is 12.0 Å². The molecular formula is C20H17N3O4S. The van der Waals surface area contributed by atoms with Crippen molar-refractivity contribution in [1.29, 1.82) is 0 Å². The lowest BCUT2D eigenvalue weighted by Gasteiger charge is -2.30. The summed E-state index contributed by atoms with van der Waals surface area (Å²) in [4.78, 5) is 42.1. The van der Waals surface area contributed by atoms with Crippen molar-refractivity contribution in [2.24, 2.45) is 10.9 Å². The molecule has 1 fully saturated rings. The maximum Gasteiger partial charge on any atom is 0.337 e. The van der Waals surface area contributed by atoms with Crippen molar-refractivity contribution in [2.45, 2.75) is 6.92 Å². The molecule has 1 heterocycles. The number of aryl methyl sites for hydroxylation is 1. The van der Waals surface area contributed by atoms with E-state index in [4.69, 9.17) is 12.2 Å². The fourth-order valence-corrected chi connectivity index (χ4v) is 2.92. The lowest BCUT2D eigenvalue weighted by Crippen LogP contribution is -2.58. The second-order valence-electron chi connectivity index (χ2n) is 6.10. The van der Waals surface area contributed by atoms with Gasteiger partial charge in [-0.3, -0.25) is 19.5 Å². The molecule has 3 rings (SSSR count). The Hall–Kier alpha value is -3.39. The molecular weight excluding hydrogens is 378 g/mol. The molecule has 2 amide bonds. The van der Waals surface area contributed by atoms with E-state index in [2.05, 4.69) is 15.0 Å². The van der Waals surface area contributed by atoms with Gasteiger partial charge >= 0.3 is 5.97 Å². The maximum absolute atomic E-state index is 12.9. The van der Waals surface area contributed by atoms with E-state index in [1.165, 1.54) is 18.2 Å². The van der Waals surface area contributed by atoms with Crippen LogP contribution in [0.1, 0.15) is 15.9 Å². The van der Waals surface area contributed by atoms with Gasteiger partial charge in [0.15, 0.2) is 11.0 Å². The number of anilines is 1. The summed E-state index contributed by atoms with van der Waals surface area (Å²) < 4.78 is 4.64. The van der Waals surface area contributed by atoms with E-state index in [-0.39, 0.29) is 5.11 Å². The second kappa shape index (κ2) is 8.10. The van der Waals surface area contributed by atoms with Crippen LogP contribution in [-0.4, -0.2) is 36.2 Å². The zero-order valence-electron chi connectivity index (χ0n) is 15.2. The fourth-order valence-electron chi connectivity index (χ4n) is 2.62. The van der Waals surface area contributed by atoms with Crippen molar-refractivity contribution >= 4 is 52.7 Å². The van der Waals surface area contributed by atoms with Crippen LogP contribution >= 0.6 is 12.2 Å². The number of carbonyl (C=O) groups is 3. The number of benzene rings is 2. The summed E-state index contributed by atoms with van der Waals surface area (Å²) in [6.07, 6.45) is 1.27. The average Bonchev–Trinajstić information content (AvgIpc) is 2.69. The number of hydrogen-bond acceptors (Lipinski definition) is 6. The molecule has 0 saturated carbocycles. The molecule has 0 bridgehead atoms. The predicted molar refractivity (Wildman–Crippen MR) is 109 cm³/mol. The molecule has 1 atom stereocenters. The van der Waals surface area contributed by atoms with Crippen LogP contribution in [0.15, 0.2) is 53.5 Å². The Morgan fingerprint density at radius 1 is 1.14 bits per heavy atom. The van der Waals surface area contributed by atoms with Gasteiger partial charge in [-0.15, -0.1) is 0 Å². The van der Waals surface area contributed by atoms with Gasteiger partial charge in [-0.25, -0.2) is 4.79 Å². The zero-order chi connectivity index (χ0) is 20.3. The number of hydrogen-bond donors (Lipinski definition) is 1. The standard InChI is InChI=1S/C20H17N3O4S/c1-12-3-9-15(10-4-12)23-18(25)16(17(24)22-20(23)28)11-21-14-7-5-13(6-8-14)19(26)27-2/h3-11,16H,1-2H3,(H,22,24,28)/t16-/m0/s1. The number of carbonyl (C=O) groups excluding carboxylic acids is 3. The van der Waals surface area contributed by atoms with Crippen molar-refractivity contribution in [3.05, 3.63) is 59.7 Å². The molecule has 28 heavy (non-hydrogen) atoms. The third kappa shape index (κ3) is 3.96. The Morgan fingerprint density at radius 2 is 1.79 bits per heavy atom. The molecule has 0 radical (unpaired) electrons. The third-order valence-corrected chi connectivity index (χ3v) is 4.44. The minimum atomic E-state index is -1.12. The number of nitrogens with zero attached hydrogens (tertiary/aromatic N) is 2. The van der Waals surface area contributed by atoms with Gasteiger partial charge < -0.3 is 10.1 Å². The predicted octanol–water partition coefficient (Wildman–Crippen LogP) is 2.55. The van der Waals surface area contributed by atoms with Gasteiger partial charge in [-0.1, -0.05) is 17.7 Å². The number of amides is 2. The molecule has 142 valence electrons. The van der Waals surface area contributed by atoms with Crippen LogP contribution in [0.4, 0.5) is 11.4 Å². The van der Waals surface area contributed by atoms with Crippen molar-refractivity contribution in [3.63, 3.8) is 0 Å². The zero-order valence-corrected chi connectivity index (χ0v) is 16.0. The normalized spacial score (nSPS) is 17.0. The van der Waals surface area contributed by atoms with E-state index in [9.17, 15) is 14.4 Å². The lowest BCUT2D eigenvalue weighted by atomic mass is 10.1. The summed E-state index contributed by atoms with van der Waals surface area (Å²) >= 11 is 5.16. The molecule has 0 spiro atoms. The van der Waals surface area contributed by atoms with Crippen molar-refractivity contribution < 1.29 is 19.1 Å². The van der Waals surface area contributed by atoms with Gasteiger partial charge in [0.1, 0.15) is 0 Å². The molecule has 0 unspecified atom stereocenters. The van der Waals surface area contributed by atoms with E-state index in [1.54, 1.807) is 36.4 Å². The fraction of sp³-hybridized carbons (Fsp3) is 0.150. The SMILES string of the molecule is COC(=O)c1ccc(N=C[C@H]2C(=O)NC(=S)N(c3ccc(C)cc3)C2=O)cc1. The largest absolute Gasteiger partial charge is 0.465 e. The van der Waals surface area contributed by atoms with Crippen LogP contribution in [0.3, 0.4) is 0 Å². The smallest absolute Gasteiger partial charge is 0.337 e. The molecule has 0 aliphatic carbocycles. The number of nitrogens with one attached hydrogen (secondary N) is 1. The van der Waals surface area contributed by atoms with E-state index in [1.807, 2.05) is 19.1 Å². The molecule has 7 nitrogen and oxygen atoms in total. The molecule has 8 heteroatoms. The minimum Gasteiger partial charge on any atom is -0.465 e. The Bertz CT molecular complexity index is 968. The van der Waals surface area contributed by atoms with Crippen LogP contribution in [0.25, 0.3) is 0 Å². The highest BCUT2D eigenvalue weighted by Gasteiger charge is 2.38. The molecule has 1 aliphatic heterocycles. The van der Waals surface area contributed by atoms with Crippen molar-refractivity contribution in [3.8, 4) is 0 Å². The van der Waals surface area contributed by atoms with Crippen LogP contribution in [0, 0.1) is 12.8 Å². The van der Waals surface area contributed by atoms with Gasteiger partial charge in [-0.05, 0) is 55.5 Å². The Morgan fingerprint density at radius 3 is 2.39 bits per heavy atom. The van der Waals surface area contributed by atoms with Crippen molar-refractivity contribution in [1.82, 2.24) is 5.32 Å². The Balaban J connectivity index is 1.82. The molecule has 1 saturated heterocycles. The number of methoxy groups -OCH3 is 1. The van der Waals surface area contributed by atoms with Gasteiger partial charge in [0.25, 0.3) is 5.91 Å². The third-order valence-electron chi connectivity index (χ3n) is 4.16. The van der Waals surface area contributed by atoms with Gasteiger partial charge in [-0.2, -0.15) is 0 Å². The van der Waals surface area contributed by atoms with E-state index >= 15 is 0 Å². The van der Waals surface area contributed by atoms with Crippen LogP contribution in [0.2, 0.25) is 0 Å². The average molecular weight is 395 g/mol. The monoisotopic (exact) mass is 395 g/mol. The first kappa shape index (κ1) is 19.4. The van der Waals surface area contributed by atoms with Crippen LogP contribution < -0.4 is 10.2 Å². The molecule has 0 aromatic heterocycles. The minimum absolute atomic E-state index is 0.0333. The molecule has 2 aromatic rings. The first-order valence-electron chi connectivity index (χ1n) is 8.38. The number of esters is 1. The highest BCUT2D eigenvalue weighted by atomic mass is 32.1. The highest BCUT2D eigenvalue weighted by molar-refractivity contribution is 7.80.